The van der Waals surface area contributed by atoms with Crippen molar-refractivity contribution in [2.24, 2.45) is 5.73 Å². The van der Waals surface area contributed by atoms with E-state index in [-0.39, 0.29) is 12.5 Å². The zero-order valence-corrected chi connectivity index (χ0v) is 9.28. The molecule has 0 aliphatic heterocycles. The molecule has 1 amide bonds. The number of imidazole rings is 1. The van der Waals surface area contributed by atoms with Crippen molar-refractivity contribution in [1.82, 2.24) is 4.57 Å². The van der Waals surface area contributed by atoms with Gasteiger partial charge in [0.2, 0.25) is 6.33 Å². The standard InChI is InChI=1S/C9H15N3O.N3/c1-2-3-4-11-5-6-12(8-11)7-9(10)13;1-3-2/h5-6,8H,2-4,7H2,1H3,(H-,10,13);/q;-1/p+1. The Balaban J connectivity index is 0.000000673. The average Bonchev–Trinajstić information content (AvgIpc) is 2.63. The predicted octanol–water partition coefficient (Wildman–Crippen LogP) is 0.927. The van der Waals surface area contributed by atoms with Gasteiger partial charge >= 0.3 is 0 Å². The first-order chi connectivity index (χ1) is 7.63. The number of hydrogen-bond donors (Lipinski definition) is 1. The van der Waals surface area contributed by atoms with Gasteiger partial charge in [-0.3, -0.25) is 9.71 Å². The molecular weight excluding hydrogens is 208 g/mol. The molecule has 1 heterocycles. The Kier molecular flexibility index (Phi) is 7.27. The molecule has 0 fully saturated rings. The fraction of sp³-hybridized carbons (Fsp3) is 0.556. The van der Waals surface area contributed by atoms with Crippen molar-refractivity contribution in [2.75, 3.05) is 0 Å². The number of primary amides is 1. The van der Waals surface area contributed by atoms with Crippen LogP contribution in [0.4, 0.5) is 0 Å². The minimum Gasteiger partial charge on any atom is -0.373 e. The summed E-state index contributed by atoms with van der Waals surface area (Å²) in [5, 5.41) is 0. The summed E-state index contributed by atoms with van der Waals surface area (Å²) >= 11 is 0. The summed E-state index contributed by atoms with van der Waals surface area (Å²) in [5.41, 5.74) is 18.6. The molecule has 88 valence electrons. The van der Waals surface area contributed by atoms with E-state index >= 15 is 0 Å². The van der Waals surface area contributed by atoms with E-state index < -0.39 is 0 Å². The molecular formula is C9H16N6O. The van der Waals surface area contributed by atoms with Crippen molar-refractivity contribution in [2.45, 2.75) is 32.9 Å². The number of hydrogen-bond acceptors (Lipinski definition) is 1. The summed E-state index contributed by atoms with van der Waals surface area (Å²) in [6.45, 7) is 3.42. The molecule has 0 bridgehead atoms. The van der Waals surface area contributed by atoms with E-state index in [1.54, 1.807) is 4.57 Å². The van der Waals surface area contributed by atoms with Crippen LogP contribution in [0.2, 0.25) is 0 Å². The number of amides is 1. The van der Waals surface area contributed by atoms with E-state index in [1.165, 1.54) is 11.3 Å². The number of nitrogens with two attached hydrogens (primary N) is 1. The summed E-state index contributed by atoms with van der Waals surface area (Å²) in [6, 6.07) is 0. The highest BCUT2D eigenvalue weighted by Crippen LogP contribution is 1.92. The van der Waals surface area contributed by atoms with Crippen molar-refractivity contribution in [1.29, 1.82) is 0 Å². The molecule has 1 aromatic rings. The van der Waals surface area contributed by atoms with E-state index in [0.29, 0.717) is 0 Å². The van der Waals surface area contributed by atoms with Crippen molar-refractivity contribution >= 4 is 5.91 Å². The van der Waals surface area contributed by atoms with Gasteiger partial charge in [-0.15, -0.1) is 0 Å². The van der Waals surface area contributed by atoms with Gasteiger partial charge in [0.25, 0.3) is 5.91 Å². The topological polar surface area (TPSA) is 111 Å². The second-order valence-electron chi connectivity index (χ2n) is 3.23. The maximum atomic E-state index is 10.6. The van der Waals surface area contributed by atoms with Crippen LogP contribution in [0.3, 0.4) is 0 Å². The molecule has 0 unspecified atom stereocenters. The van der Waals surface area contributed by atoms with Crippen LogP contribution < -0.4 is 10.3 Å². The zero-order chi connectivity index (χ0) is 12.4. The summed E-state index contributed by atoms with van der Waals surface area (Å²) < 4.78 is 3.85. The zero-order valence-electron chi connectivity index (χ0n) is 9.28. The van der Waals surface area contributed by atoms with Crippen molar-refractivity contribution in [3.8, 4) is 0 Å². The van der Waals surface area contributed by atoms with Crippen molar-refractivity contribution in [3.63, 3.8) is 0 Å². The Morgan fingerprint density at radius 1 is 1.56 bits per heavy atom. The Morgan fingerprint density at radius 3 is 2.69 bits per heavy atom. The van der Waals surface area contributed by atoms with E-state index in [9.17, 15) is 4.79 Å². The molecule has 0 aliphatic rings. The Bertz CT molecular complexity index is 353. The maximum absolute atomic E-state index is 10.6. The van der Waals surface area contributed by atoms with Gasteiger partial charge in [-0.1, -0.05) is 13.3 Å². The molecule has 0 aliphatic carbocycles. The van der Waals surface area contributed by atoms with Crippen molar-refractivity contribution < 1.29 is 9.36 Å². The van der Waals surface area contributed by atoms with Crippen LogP contribution in [0, 0.1) is 0 Å². The largest absolute Gasteiger partial charge is 0.373 e. The lowest BCUT2D eigenvalue weighted by Crippen LogP contribution is -2.38. The summed E-state index contributed by atoms with van der Waals surface area (Å²) in [7, 11) is 0. The van der Waals surface area contributed by atoms with Gasteiger partial charge < -0.3 is 16.8 Å². The summed E-state index contributed by atoms with van der Waals surface area (Å²) in [6.07, 6.45) is 8.05. The fourth-order valence-electron chi connectivity index (χ4n) is 1.19. The van der Waals surface area contributed by atoms with Gasteiger partial charge in [0.15, 0.2) is 6.54 Å². The molecule has 0 spiro atoms. The van der Waals surface area contributed by atoms with E-state index in [1.807, 2.05) is 18.7 Å². The lowest BCUT2D eigenvalue weighted by Gasteiger charge is -1.92. The maximum Gasteiger partial charge on any atom is 0.259 e. The lowest BCUT2D eigenvalue weighted by molar-refractivity contribution is -0.683. The molecule has 1 aromatic heterocycles. The third kappa shape index (κ3) is 6.44. The van der Waals surface area contributed by atoms with Gasteiger partial charge in [0.05, 0.1) is 6.54 Å². The number of carbonyl (C=O) groups is 1. The highest BCUT2D eigenvalue weighted by molar-refractivity contribution is 5.72. The number of carbonyl (C=O) groups excluding carboxylic acids is 1. The van der Waals surface area contributed by atoms with E-state index in [4.69, 9.17) is 16.8 Å². The normalized spacial score (nSPS) is 8.81. The average molecular weight is 224 g/mol. The van der Waals surface area contributed by atoms with Gasteiger partial charge in [-0.25, -0.2) is 9.13 Å². The van der Waals surface area contributed by atoms with Gasteiger partial charge in [0.1, 0.15) is 12.4 Å². The van der Waals surface area contributed by atoms with Crippen LogP contribution in [0.15, 0.2) is 18.7 Å². The lowest BCUT2D eigenvalue weighted by atomic mass is 10.3. The van der Waals surface area contributed by atoms with E-state index in [0.717, 1.165) is 13.0 Å². The second kappa shape index (κ2) is 8.31. The fourth-order valence-corrected chi connectivity index (χ4v) is 1.19. The number of aromatic nitrogens is 2. The third-order valence-electron chi connectivity index (χ3n) is 1.85. The molecule has 0 atom stereocenters. The van der Waals surface area contributed by atoms with Crippen LogP contribution in [-0.4, -0.2) is 10.5 Å². The Hall–Kier alpha value is -2.01. The first-order valence-corrected chi connectivity index (χ1v) is 4.95. The predicted molar refractivity (Wildman–Crippen MR) is 58.8 cm³/mol. The molecule has 7 heteroatoms. The molecule has 0 aromatic carbocycles. The molecule has 1 rings (SSSR count). The molecule has 2 N–H and O–H groups in total. The monoisotopic (exact) mass is 224 g/mol. The van der Waals surface area contributed by atoms with Crippen LogP contribution in [-0.2, 0) is 17.9 Å². The van der Waals surface area contributed by atoms with Gasteiger partial charge in [0, 0.05) is 0 Å². The molecule has 0 saturated heterocycles. The minimum atomic E-state index is -0.307. The van der Waals surface area contributed by atoms with Crippen molar-refractivity contribution in [3.05, 3.63) is 34.7 Å². The molecule has 0 radical (unpaired) electrons. The number of unbranched alkanes of at least 4 members (excludes halogenated alkanes) is 1. The first kappa shape index (κ1) is 14.0. The minimum absolute atomic E-state index is 0.263. The number of rotatable bonds is 5. The quantitative estimate of drug-likeness (QED) is 0.341. The first-order valence-electron chi connectivity index (χ1n) is 4.95. The Morgan fingerprint density at radius 2 is 2.19 bits per heavy atom. The highest BCUT2D eigenvalue weighted by Gasteiger charge is 2.04. The van der Waals surface area contributed by atoms with Crippen LogP contribution >= 0.6 is 0 Å². The third-order valence-corrected chi connectivity index (χ3v) is 1.85. The van der Waals surface area contributed by atoms with Gasteiger partial charge in [-0.05, 0) is 6.42 Å². The van der Waals surface area contributed by atoms with Gasteiger partial charge in [-0.2, -0.15) is 0 Å². The molecule has 16 heavy (non-hydrogen) atoms. The van der Waals surface area contributed by atoms with Crippen LogP contribution in [0.25, 0.3) is 16.0 Å². The van der Waals surface area contributed by atoms with Crippen LogP contribution in [0.1, 0.15) is 19.8 Å². The van der Waals surface area contributed by atoms with E-state index in [2.05, 4.69) is 11.5 Å². The summed E-state index contributed by atoms with van der Waals surface area (Å²) in [5.74, 6) is -0.307. The second-order valence-corrected chi connectivity index (χ2v) is 3.23. The smallest absolute Gasteiger partial charge is 0.259 e. The number of nitrogens with zero attached hydrogens (tertiary/aromatic N) is 5. The molecule has 7 nitrogen and oxygen atoms in total. The molecule has 0 saturated carbocycles. The highest BCUT2D eigenvalue weighted by atomic mass is 16.1. The SMILES string of the molecule is CCCCn1cc[n+](CC(N)=O)c1.[N-]=[N+]=[N-]. The van der Waals surface area contributed by atoms with Crippen LogP contribution in [0.5, 0.6) is 0 Å². The summed E-state index contributed by atoms with van der Waals surface area (Å²) in [4.78, 5) is 12.1. The number of aryl methyl sites for hydroxylation is 1. The Labute approximate surface area is 93.9 Å².